The number of hydrogen-bond donors (Lipinski definition) is 2. The molecule has 2 atom stereocenters. The molecule has 5 nitrogen and oxygen atoms in total. The Kier molecular flexibility index (Phi) is 3.96. The molecule has 0 bridgehead atoms. The Hall–Kier alpha value is -1.47. The number of fused-ring (bicyclic) bond motifs is 1. The summed E-state index contributed by atoms with van der Waals surface area (Å²) in [5, 5.41) is 9.37. The van der Waals surface area contributed by atoms with Gasteiger partial charge in [0.2, 0.25) is 10.0 Å². The first-order chi connectivity index (χ1) is 10.8. The minimum atomic E-state index is -4.04. The van der Waals surface area contributed by atoms with Gasteiger partial charge in [0.1, 0.15) is 5.82 Å². The molecule has 1 saturated carbocycles. The molecule has 1 aromatic rings. The molecule has 7 heteroatoms. The zero-order chi connectivity index (χ0) is 16.8. The summed E-state index contributed by atoms with van der Waals surface area (Å²) in [5.41, 5.74) is 1.14. The molecule has 2 unspecified atom stereocenters. The van der Waals surface area contributed by atoms with Crippen LogP contribution in [-0.4, -0.2) is 24.2 Å². The number of aliphatic carboxylic acids is 1. The van der Waals surface area contributed by atoms with E-state index in [0.29, 0.717) is 30.4 Å². The van der Waals surface area contributed by atoms with E-state index >= 15 is 0 Å². The second-order valence-electron chi connectivity index (χ2n) is 6.58. The third-order valence-electron chi connectivity index (χ3n) is 5.26. The highest BCUT2D eigenvalue weighted by atomic mass is 32.2. The molecule has 0 spiro atoms. The van der Waals surface area contributed by atoms with Crippen LogP contribution in [0.2, 0.25) is 0 Å². The molecule has 0 amide bonds. The minimum absolute atomic E-state index is 0.0232. The largest absolute Gasteiger partial charge is 0.480 e. The maximum atomic E-state index is 14.0. The first-order valence-corrected chi connectivity index (χ1v) is 9.29. The van der Waals surface area contributed by atoms with Gasteiger partial charge in [-0.1, -0.05) is 19.1 Å². The Morgan fingerprint density at radius 3 is 2.65 bits per heavy atom. The van der Waals surface area contributed by atoms with Crippen molar-refractivity contribution in [2.75, 3.05) is 0 Å². The molecule has 126 valence electrons. The normalized spacial score (nSPS) is 26.2. The highest BCUT2D eigenvalue weighted by Gasteiger charge is 2.56. The molecule has 2 aliphatic carbocycles. The lowest BCUT2D eigenvalue weighted by molar-refractivity contribution is -0.142. The molecule has 0 saturated heterocycles. The molecule has 3 rings (SSSR count). The number of sulfonamides is 1. The van der Waals surface area contributed by atoms with Crippen LogP contribution in [-0.2, 0) is 21.2 Å². The van der Waals surface area contributed by atoms with Crippen molar-refractivity contribution < 1.29 is 22.7 Å². The van der Waals surface area contributed by atoms with Crippen molar-refractivity contribution in [2.45, 2.75) is 49.8 Å². The van der Waals surface area contributed by atoms with E-state index in [1.54, 1.807) is 12.1 Å². The second kappa shape index (κ2) is 5.56. The summed E-state index contributed by atoms with van der Waals surface area (Å²) < 4.78 is 40.2. The zero-order valence-electron chi connectivity index (χ0n) is 12.9. The number of benzene rings is 1. The molecule has 1 aromatic carbocycles. The van der Waals surface area contributed by atoms with Crippen LogP contribution in [0.4, 0.5) is 4.39 Å². The molecular formula is C16H20FNO4S. The topological polar surface area (TPSA) is 83.5 Å². The van der Waals surface area contributed by atoms with E-state index in [1.165, 1.54) is 6.07 Å². The van der Waals surface area contributed by atoms with E-state index in [1.807, 2.05) is 6.92 Å². The maximum absolute atomic E-state index is 14.0. The highest BCUT2D eigenvalue weighted by Crippen LogP contribution is 2.42. The standard InChI is InChI=1S/C16H20FNO4S/c1-10-6-7-11-12(4-2-5-13(11)17)14(10)18-23(21,22)16(15(19)20)8-3-9-16/h2,4-5,10,14,18H,3,6-9H2,1H3,(H,19,20). The fourth-order valence-electron chi connectivity index (χ4n) is 3.53. The lowest BCUT2D eigenvalue weighted by Gasteiger charge is -2.40. The highest BCUT2D eigenvalue weighted by molar-refractivity contribution is 7.91. The van der Waals surface area contributed by atoms with Crippen molar-refractivity contribution in [1.82, 2.24) is 4.72 Å². The Bertz CT molecular complexity index is 742. The Labute approximate surface area is 135 Å². The third kappa shape index (κ3) is 2.46. The lowest BCUT2D eigenvalue weighted by atomic mass is 9.81. The summed E-state index contributed by atoms with van der Waals surface area (Å²) in [6.07, 6.45) is 2.04. The van der Waals surface area contributed by atoms with Crippen LogP contribution in [0.5, 0.6) is 0 Å². The van der Waals surface area contributed by atoms with E-state index in [-0.39, 0.29) is 24.6 Å². The van der Waals surface area contributed by atoms with Crippen LogP contribution in [0.1, 0.15) is 49.8 Å². The van der Waals surface area contributed by atoms with Gasteiger partial charge in [-0.3, -0.25) is 4.79 Å². The van der Waals surface area contributed by atoms with Crippen LogP contribution in [0.3, 0.4) is 0 Å². The number of carboxylic acid groups (broad SMARTS) is 1. The van der Waals surface area contributed by atoms with Gasteiger partial charge in [0.05, 0.1) is 0 Å². The van der Waals surface area contributed by atoms with E-state index in [2.05, 4.69) is 4.72 Å². The predicted molar refractivity (Wildman–Crippen MR) is 82.9 cm³/mol. The van der Waals surface area contributed by atoms with Crippen molar-refractivity contribution in [2.24, 2.45) is 5.92 Å². The zero-order valence-corrected chi connectivity index (χ0v) is 13.7. The van der Waals surface area contributed by atoms with E-state index in [9.17, 15) is 22.7 Å². The summed E-state index contributed by atoms with van der Waals surface area (Å²) in [7, 11) is -4.04. The number of rotatable bonds is 4. The summed E-state index contributed by atoms with van der Waals surface area (Å²) in [4.78, 5) is 11.5. The van der Waals surface area contributed by atoms with Crippen molar-refractivity contribution in [3.8, 4) is 0 Å². The smallest absolute Gasteiger partial charge is 0.326 e. The summed E-state index contributed by atoms with van der Waals surface area (Å²) in [6, 6.07) is 4.06. The van der Waals surface area contributed by atoms with Crippen LogP contribution in [0.25, 0.3) is 0 Å². The number of carbonyl (C=O) groups is 1. The van der Waals surface area contributed by atoms with Crippen LogP contribution in [0, 0.1) is 11.7 Å². The van der Waals surface area contributed by atoms with Gasteiger partial charge in [-0.2, -0.15) is 0 Å². The van der Waals surface area contributed by atoms with Gasteiger partial charge < -0.3 is 5.11 Å². The van der Waals surface area contributed by atoms with Crippen LogP contribution in [0.15, 0.2) is 18.2 Å². The minimum Gasteiger partial charge on any atom is -0.480 e. The molecule has 0 aromatic heterocycles. The van der Waals surface area contributed by atoms with Crippen molar-refractivity contribution in [1.29, 1.82) is 0 Å². The lowest BCUT2D eigenvalue weighted by Crippen LogP contribution is -2.57. The van der Waals surface area contributed by atoms with Gasteiger partial charge in [-0.05, 0) is 55.2 Å². The van der Waals surface area contributed by atoms with Gasteiger partial charge in [0.15, 0.2) is 4.75 Å². The van der Waals surface area contributed by atoms with Gasteiger partial charge in [0, 0.05) is 6.04 Å². The molecule has 1 fully saturated rings. The summed E-state index contributed by atoms with van der Waals surface area (Å²) in [6.45, 7) is 1.90. The van der Waals surface area contributed by atoms with Gasteiger partial charge in [-0.15, -0.1) is 0 Å². The average molecular weight is 341 g/mol. The first-order valence-electron chi connectivity index (χ1n) is 7.81. The van der Waals surface area contributed by atoms with E-state index in [4.69, 9.17) is 0 Å². The molecule has 2 N–H and O–H groups in total. The maximum Gasteiger partial charge on any atom is 0.326 e. The fraction of sp³-hybridized carbons (Fsp3) is 0.562. The van der Waals surface area contributed by atoms with Crippen molar-refractivity contribution in [3.63, 3.8) is 0 Å². The monoisotopic (exact) mass is 341 g/mol. The Morgan fingerprint density at radius 1 is 1.39 bits per heavy atom. The number of halogens is 1. The first kappa shape index (κ1) is 16.4. The van der Waals surface area contributed by atoms with Crippen LogP contribution < -0.4 is 4.72 Å². The SMILES string of the molecule is CC1CCc2c(F)cccc2C1NS(=O)(=O)C1(C(=O)O)CCC1. The number of nitrogens with one attached hydrogen (secondary N) is 1. The summed E-state index contributed by atoms with van der Waals surface area (Å²) >= 11 is 0. The third-order valence-corrected chi connectivity index (χ3v) is 7.43. The average Bonchev–Trinajstić information content (AvgIpc) is 2.40. The Balaban J connectivity index is 1.97. The predicted octanol–water partition coefficient (Wildman–Crippen LogP) is 2.38. The molecule has 0 heterocycles. The Morgan fingerprint density at radius 2 is 2.09 bits per heavy atom. The van der Waals surface area contributed by atoms with Gasteiger partial charge in [0.25, 0.3) is 0 Å². The fourth-order valence-corrected chi connectivity index (χ4v) is 5.51. The van der Waals surface area contributed by atoms with E-state index in [0.717, 1.165) is 0 Å². The van der Waals surface area contributed by atoms with E-state index < -0.39 is 26.8 Å². The number of carboxylic acids is 1. The molecule has 0 radical (unpaired) electrons. The molecule has 2 aliphatic rings. The molecule has 0 aliphatic heterocycles. The van der Waals surface area contributed by atoms with Crippen molar-refractivity contribution >= 4 is 16.0 Å². The molecule has 23 heavy (non-hydrogen) atoms. The van der Waals surface area contributed by atoms with Crippen molar-refractivity contribution in [3.05, 3.63) is 35.1 Å². The quantitative estimate of drug-likeness (QED) is 0.881. The molecular weight excluding hydrogens is 321 g/mol. The second-order valence-corrected chi connectivity index (χ2v) is 8.60. The van der Waals surface area contributed by atoms with Gasteiger partial charge >= 0.3 is 5.97 Å². The number of hydrogen-bond acceptors (Lipinski definition) is 3. The van der Waals surface area contributed by atoms with Gasteiger partial charge in [-0.25, -0.2) is 17.5 Å². The van der Waals surface area contributed by atoms with Crippen LogP contribution >= 0.6 is 0 Å². The summed E-state index contributed by atoms with van der Waals surface area (Å²) in [5.74, 6) is -1.67.